The molecule has 0 aliphatic heterocycles. The van der Waals surface area contributed by atoms with Crippen molar-refractivity contribution < 1.29 is 17.9 Å². The number of nitrogens with zero attached hydrogens (tertiary/aromatic N) is 3. The van der Waals surface area contributed by atoms with Crippen molar-refractivity contribution >= 4 is 43.2 Å². The van der Waals surface area contributed by atoms with E-state index in [4.69, 9.17) is 4.74 Å². The lowest BCUT2D eigenvalue weighted by atomic mass is 10.2. The van der Waals surface area contributed by atoms with Crippen LogP contribution in [-0.2, 0) is 14.8 Å². The highest BCUT2D eigenvalue weighted by atomic mass is 32.2. The largest absolute Gasteiger partial charge is 0.467 e. The summed E-state index contributed by atoms with van der Waals surface area (Å²) in [7, 11) is -0.706. The minimum absolute atomic E-state index is 0.0959. The number of fused-ring (bicyclic) bond motifs is 1. The van der Waals surface area contributed by atoms with Gasteiger partial charge in [-0.05, 0) is 36.2 Å². The second-order valence-corrected chi connectivity index (χ2v) is 10.7. The number of hydrogen-bond donors (Lipinski definition) is 1. The number of aromatic nitrogens is 2. The minimum atomic E-state index is -3.62. The van der Waals surface area contributed by atoms with Crippen molar-refractivity contribution in [2.24, 2.45) is 0 Å². The topological polar surface area (TPSA) is 101 Å². The molecule has 0 bridgehead atoms. The van der Waals surface area contributed by atoms with E-state index >= 15 is 0 Å². The van der Waals surface area contributed by atoms with Crippen LogP contribution in [0.15, 0.2) is 65.8 Å². The number of anilines is 1. The zero-order chi connectivity index (χ0) is 23.6. The van der Waals surface area contributed by atoms with E-state index in [0.29, 0.717) is 11.6 Å². The molecule has 33 heavy (non-hydrogen) atoms. The number of amides is 1. The van der Waals surface area contributed by atoms with E-state index in [-0.39, 0.29) is 11.5 Å². The SMILES string of the molecule is Cc1ccc(S(=O)(=O)N(C)C)cc1NC(=O)COc1ncnc2sc(-c3ccccc3)cc12. The fourth-order valence-corrected chi connectivity index (χ4v) is 5.04. The first-order valence-corrected chi connectivity index (χ1v) is 12.3. The van der Waals surface area contributed by atoms with Crippen LogP contribution in [0.25, 0.3) is 20.7 Å². The molecule has 0 unspecified atom stereocenters. The summed E-state index contributed by atoms with van der Waals surface area (Å²) in [6, 6.07) is 16.5. The number of aryl methyl sites for hydroxylation is 1. The zero-order valence-corrected chi connectivity index (χ0v) is 19.9. The normalized spacial score (nSPS) is 11.6. The number of thiophene rings is 1. The highest BCUT2D eigenvalue weighted by Crippen LogP contribution is 2.35. The number of carbonyl (C=O) groups excluding carboxylic acids is 1. The summed E-state index contributed by atoms with van der Waals surface area (Å²) in [5, 5.41) is 3.45. The van der Waals surface area contributed by atoms with Crippen LogP contribution in [0, 0.1) is 6.92 Å². The van der Waals surface area contributed by atoms with Gasteiger partial charge in [-0.1, -0.05) is 36.4 Å². The number of hydrogen-bond acceptors (Lipinski definition) is 7. The van der Waals surface area contributed by atoms with Crippen LogP contribution < -0.4 is 10.1 Å². The molecular weight excluding hydrogens is 460 g/mol. The monoisotopic (exact) mass is 482 g/mol. The molecule has 0 spiro atoms. The Bertz CT molecular complexity index is 1420. The van der Waals surface area contributed by atoms with E-state index in [0.717, 1.165) is 30.5 Å². The van der Waals surface area contributed by atoms with Crippen molar-refractivity contribution in [3.63, 3.8) is 0 Å². The Hall–Kier alpha value is -3.34. The van der Waals surface area contributed by atoms with E-state index < -0.39 is 15.9 Å². The van der Waals surface area contributed by atoms with Crippen molar-refractivity contribution in [1.29, 1.82) is 0 Å². The fourth-order valence-electron chi connectivity index (χ4n) is 3.12. The smallest absolute Gasteiger partial charge is 0.262 e. The highest BCUT2D eigenvalue weighted by molar-refractivity contribution is 7.89. The maximum Gasteiger partial charge on any atom is 0.262 e. The lowest BCUT2D eigenvalue weighted by Crippen LogP contribution is -2.23. The molecule has 10 heteroatoms. The average Bonchev–Trinajstić information content (AvgIpc) is 3.24. The lowest BCUT2D eigenvalue weighted by Gasteiger charge is -2.14. The van der Waals surface area contributed by atoms with Gasteiger partial charge in [-0.2, -0.15) is 0 Å². The van der Waals surface area contributed by atoms with Crippen molar-refractivity contribution in [3.05, 3.63) is 66.5 Å². The van der Waals surface area contributed by atoms with Crippen LogP contribution in [0.3, 0.4) is 0 Å². The molecule has 2 aromatic carbocycles. The van der Waals surface area contributed by atoms with Crippen molar-refractivity contribution in [2.75, 3.05) is 26.0 Å². The van der Waals surface area contributed by atoms with E-state index in [2.05, 4.69) is 15.3 Å². The van der Waals surface area contributed by atoms with Crippen LogP contribution in [0.1, 0.15) is 5.56 Å². The molecule has 2 aromatic heterocycles. The number of nitrogens with one attached hydrogen (secondary N) is 1. The average molecular weight is 483 g/mol. The summed E-state index contributed by atoms with van der Waals surface area (Å²) in [5.74, 6) is -0.114. The molecule has 1 amide bonds. The molecule has 0 saturated carbocycles. The number of benzene rings is 2. The highest BCUT2D eigenvalue weighted by Gasteiger charge is 2.19. The second kappa shape index (κ2) is 9.26. The van der Waals surface area contributed by atoms with E-state index in [1.165, 1.54) is 43.9 Å². The maximum absolute atomic E-state index is 12.6. The second-order valence-electron chi connectivity index (χ2n) is 7.48. The first kappa shape index (κ1) is 22.8. The molecular formula is C23H22N4O4S2. The van der Waals surface area contributed by atoms with Gasteiger partial charge in [0.1, 0.15) is 11.2 Å². The third-order valence-corrected chi connectivity index (χ3v) is 7.86. The molecule has 2 heterocycles. The summed E-state index contributed by atoms with van der Waals surface area (Å²) < 4.78 is 31.6. The number of ether oxygens (including phenoxy) is 1. The van der Waals surface area contributed by atoms with Crippen molar-refractivity contribution in [3.8, 4) is 16.3 Å². The molecule has 1 N–H and O–H groups in total. The Kier molecular flexibility index (Phi) is 6.41. The molecule has 0 aliphatic carbocycles. The molecule has 0 atom stereocenters. The van der Waals surface area contributed by atoms with Gasteiger partial charge in [-0.15, -0.1) is 11.3 Å². The molecule has 170 valence electrons. The lowest BCUT2D eigenvalue weighted by molar-refractivity contribution is -0.118. The van der Waals surface area contributed by atoms with Gasteiger partial charge >= 0.3 is 0 Å². The van der Waals surface area contributed by atoms with Gasteiger partial charge in [-0.25, -0.2) is 22.7 Å². The summed E-state index contributed by atoms with van der Waals surface area (Å²) in [4.78, 5) is 22.9. The van der Waals surface area contributed by atoms with Crippen LogP contribution >= 0.6 is 11.3 Å². The van der Waals surface area contributed by atoms with Gasteiger partial charge < -0.3 is 10.1 Å². The summed E-state index contributed by atoms with van der Waals surface area (Å²) in [6.45, 7) is 1.50. The van der Waals surface area contributed by atoms with Crippen molar-refractivity contribution in [2.45, 2.75) is 11.8 Å². The van der Waals surface area contributed by atoms with Gasteiger partial charge in [0.25, 0.3) is 5.91 Å². The number of rotatable bonds is 7. The predicted octanol–water partition coefficient (Wildman–Crippen LogP) is 3.93. The van der Waals surface area contributed by atoms with Crippen LogP contribution in [0.5, 0.6) is 5.88 Å². The summed E-state index contributed by atoms with van der Waals surface area (Å²) in [6.07, 6.45) is 1.40. The fraction of sp³-hybridized carbons (Fsp3) is 0.174. The number of carbonyl (C=O) groups is 1. The summed E-state index contributed by atoms with van der Waals surface area (Å²) in [5.41, 5.74) is 2.20. The maximum atomic E-state index is 12.6. The van der Waals surface area contributed by atoms with Gasteiger partial charge in [0, 0.05) is 24.7 Å². The third-order valence-electron chi connectivity index (χ3n) is 4.95. The third kappa shape index (κ3) is 4.87. The minimum Gasteiger partial charge on any atom is -0.467 e. The zero-order valence-electron chi connectivity index (χ0n) is 18.3. The van der Waals surface area contributed by atoms with E-state index in [9.17, 15) is 13.2 Å². The summed E-state index contributed by atoms with van der Waals surface area (Å²) >= 11 is 1.52. The molecule has 4 aromatic rings. The first-order chi connectivity index (χ1) is 15.8. The Morgan fingerprint density at radius 2 is 1.85 bits per heavy atom. The first-order valence-electron chi connectivity index (χ1n) is 10.0. The molecule has 0 radical (unpaired) electrons. The quantitative estimate of drug-likeness (QED) is 0.428. The molecule has 0 fully saturated rings. The van der Waals surface area contributed by atoms with Gasteiger partial charge in [0.2, 0.25) is 15.9 Å². The predicted molar refractivity (Wildman–Crippen MR) is 129 cm³/mol. The Morgan fingerprint density at radius 1 is 1.09 bits per heavy atom. The van der Waals surface area contributed by atoms with Crippen LogP contribution in [0.2, 0.25) is 0 Å². The van der Waals surface area contributed by atoms with Gasteiger partial charge in [0.15, 0.2) is 6.61 Å². The molecule has 8 nitrogen and oxygen atoms in total. The van der Waals surface area contributed by atoms with E-state index in [1.54, 1.807) is 13.0 Å². The van der Waals surface area contributed by atoms with Crippen molar-refractivity contribution in [1.82, 2.24) is 14.3 Å². The van der Waals surface area contributed by atoms with E-state index in [1.807, 2.05) is 36.4 Å². The van der Waals surface area contributed by atoms with Gasteiger partial charge in [0.05, 0.1) is 10.3 Å². The Balaban J connectivity index is 1.50. The number of sulfonamides is 1. The van der Waals surface area contributed by atoms with Gasteiger partial charge in [-0.3, -0.25) is 4.79 Å². The Labute approximate surface area is 195 Å². The molecule has 0 aliphatic rings. The van der Waals surface area contributed by atoms with Crippen LogP contribution in [-0.4, -0.2) is 49.3 Å². The molecule has 0 saturated heterocycles. The Morgan fingerprint density at radius 3 is 2.58 bits per heavy atom. The standard InChI is InChI=1S/C23H22N4O4S2/c1-15-9-10-17(33(29,30)27(2)3)11-19(15)26-21(28)13-31-22-18-12-20(16-7-5-4-6-8-16)32-23(18)25-14-24-22/h4-12,14H,13H2,1-3H3,(H,26,28). The van der Waals surface area contributed by atoms with Crippen LogP contribution in [0.4, 0.5) is 5.69 Å². The molecule has 4 rings (SSSR count).